The molecule has 0 bridgehead atoms. The lowest BCUT2D eigenvalue weighted by Gasteiger charge is -2.29. The number of carbonyl (C=O) groups is 1. The van der Waals surface area contributed by atoms with Crippen molar-refractivity contribution in [3.63, 3.8) is 0 Å². The van der Waals surface area contributed by atoms with E-state index in [-0.39, 0.29) is 17.6 Å². The van der Waals surface area contributed by atoms with E-state index in [4.69, 9.17) is 0 Å². The summed E-state index contributed by atoms with van der Waals surface area (Å²) in [6, 6.07) is 1.80. The maximum Gasteiger partial charge on any atom is 0.389 e. The molecule has 1 aliphatic rings. The van der Waals surface area contributed by atoms with E-state index in [0.717, 1.165) is 17.7 Å². The van der Waals surface area contributed by atoms with E-state index in [1.54, 1.807) is 6.07 Å². The van der Waals surface area contributed by atoms with Crippen LogP contribution in [0.4, 0.5) is 13.2 Å². The van der Waals surface area contributed by atoms with Crippen molar-refractivity contribution >= 4 is 5.78 Å². The summed E-state index contributed by atoms with van der Waals surface area (Å²) >= 11 is 0. The Morgan fingerprint density at radius 1 is 1.25 bits per heavy atom. The smallest absolute Gasteiger partial charge is 0.351 e. The number of aryl methyl sites for hydroxylation is 1. The third-order valence-corrected chi connectivity index (χ3v) is 3.77. The molecule has 0 fully saturated rings. The van der Waals surface area contributed by atoms with E-state index in [0.29, 0.717) is 19.4 Å². The predicted octanol–water partition coefficient (Wildman–Crippen LogP) is 4.38. The van der Waals surface area contributed by atoms with Gasteiger partial charge >= 0.3 is 6.18 Å². The Hall–Kier alpha value is -1.26. The SMILES string of the molecule is CC1(C)CC(=O)c2ccn(CCCCC(F)(F)F)c2C1. The monoisotopic (exact) mass is 287 g/mol. The Balaban J connectivity index is 1.99. The molecule has 20 heavy (non-hydrogen) atoms. The highest BCUT2D eigenvalue weighted by atomic mass is 19.4. The quantitative estimate of drug-likeness (QED) is 0.753. The normalized spacial score (nSPS) is 18.1. The number of alkyl halides is 3. The Kier molecular flexibility index (Phi) is 3.98. The van der Waals surface area contributed by atoms with Gasteiger partial charge in [-0.2, -0.15) is 13.2 Å². The fourth-order valence-corrected chi connectivity index (χ4v) is 2.82. The summed E-state index contributed by atoms with van der Waals surface area (Å²) in [4.78, 5) is 12.0. The predicted molar refractivity (Wildman–Crippen MR) is 70.8 cm³/mol. The summed E-state index contributed by atoms with van der Waals surface area (Å²) < 4.78 is 38.2. The van der Waals surface area contributed by atoms with Crippen molar-refractivity contribution in [1.29, 1.82) is 0 Å². The summed E-state index contributed by atoms with van der Waals surface area (Å²) in [7, 11) is 0. The van der Waals surface area contributed by atoms with Gasteiger partial charge in [-0.25, -0.2) is 0 Å². The van der Waals surface area contributed by atoms with Gasteiger partial charge in [0.15, 0.2) is 5.78 Å². The van der Waals surface area contributed by atoms with Crippen LogP contribution in [-0.4, -0.2) is 16.5 Å². The van der Waals surface area contributed by atoms with E-state index in [1.165, 1.54) is 0 Å². The minimum atomic E-state index is -4.08. The first kappa shape index (κ1) is 15.1. The van der Waals surface area contributed by atoms with E-state index < -0.39 is 12.6 Å². The molecule has 1 aliphatic carbocycles. The van der Waals surface area contributed by atoms with Crippen molar-refractivity contribution in [2.75, 3.05) is 0 Å². The largest absolute Gasteiger partial charge is 0.389 e. The van der Waals surface area contributed by atoms with Gasteiger partial charge < -0.3 is 4.57 Å². The van der Waals surface area contributed by atoms with Gasteiger partial charge in [-0.15, -0.1) is 0 Å². The number of ketones is 1. The number of fused-ring (bicyclic) bond motifs is 1. The molecule has 0 atom stereocenters. The van der Waals surface area contributed by atoms with Crippen LogP contribution < -0.4 is 0 Å². The maximum absolute atomic E-state index is 12.1. The summed E-state index contributed by atoms with van der Waals surface area (Å²) in [5.41, 5.74) is 1.67. The van der Waals surface area contributed by atoms with Crippen LogP contribution >= 0.6 is 0 Å². The zero-order chi connectivity index (χ0) is 15.0. The van der Waals surface area contributed by atoms with Crippen LogP contribution in [0.5, 0.6) is 0 Å². The van der Waals surface area contributed by atoms with Crippen LogP contribution in [0.25, 0.3) is 0 Å². The average molecular weight is 287 g/mol. The number of hydrogen-bond donors (Lipinski definition) is 0. The minimum absolute atomic E-state index is 0.0633. The molecule has 0 N–H and O–H groups in total. The van der Waals surface area contributed by atoms with Crippen LogP contribution in [0.15, 0.2) is 12.3 Å². The van der Waals surface area contributed by atoms with Gasteiger partial charge in [0, 0.05) is 36.8 Å². The van der Waals surface area contributed by atoms with Crippen molar-refractivity contribution in [3.05, 3.63) is 23.5 Å². The first-order valence-corrected chi connectivity index (χ1v) is 6.96. The second-order valence-corrected chi connectivity index (χ2v) is 6.38. The zero-order valence-electron chi connectivity index (χ0n) is 11.9. The molecule has 112 valence electrons. The Labute approximate surface area is 117 Å². The number of carbonyl (C=O) groups excluding carboxylic acids is 1. The molecule has 2 nitrogen and oxygen atoms in total. The second kappa shape index (κ2) is 5.26. The second-order valence-electron chi connectivity index (χ2n) is 6.38. The highest BCUT2D eigenvalue weighted by Crippen LogP contribution is 2.35. The molecule has 0 spiro atoms. The van der Waals surface area contributed by atoms with Crippen LogP contribution in [0.2, 0.25) is 0 Å². The molecular formula is C15H20F3NO. The summed E-state index contributed by atoms with van der Waals surface area (Å²) in [5.74, 6) is 0.144. The van der Waals surface area contributed by atoms with Gasteiger partial charge in [-0.05, 0) is 30.7 Å². The molecule has 0 radical (unpaired) electrons. The van der Waals surface area contributed by atoms with Crippen molar-refractivity contribution in [1.82, 2.24) is 4.57 Å². The van der Waals surface area contributed by atoms with Gasteiger partial charge in [0.25, 0.3) is 0 Å². The molecule has 1 aromatic heterocycles. The lowest BCUT2D eigenvalue weighted by Crippen LogP contribution is -2.28. The lowest BCUT2D eigenvalue weighted by atomic mass is 9.76. The highest BCUT2D eigenvalue weighted by molar-refractivity contribution is 5.98. The van der Waals surface area contributed by atoms with E-state index in [2.05, 4.69) is 13.8 Å². The van der Waals surface area contributed by atoms with Gasteiger partial charge in [-0.1, -0.05) is 13.8 Å². The number of nitrogens with zero attached hydrogens (tertiary/aromatic N) is 1. The van der Waals surface area contributed by atoms with Crippen LogP contribution in [0.1, 0.15) is 55.6 Å². The molecule has 1 heterocycles. The molecule has 5 heteroatoms. The standard InChI is InChI=1S/C15H20F3NO/c1-14(2)9-12-11(13(20)10-14)5-8-19(12)7-4-3-6-15(16,17)18/h5,8H,3-4,6-7,9-10H2,1-2H3. The fourth-order valence-electron chi connectivity index (χ4n) is 2.82. The summed E-state index contributed by atoms with van der Waals surface area (Å²) in [6.07, 6.45) is -1.02. The third-order valence-electron chi connectivity index (χ3n) is 3.77. The van der Waals surface area contributed by atoms with Crippen molar-refractivity contribution < 1.29 is 18.0 Å². The van der Waals surface area contributed by atoms with Crippen LogP contribution in [0.3, 0.4) is 0 Å². The Bertz CT molecular complexity index is 500. The number of unbranched alkanes of at least 4 members (excludes halogenated alkanes) is 1. The highest BCUT2D eigenvalue weighted by Gasteiger charge is 2.33. The summed E-state index contributed by atoms with van der Waals surface area (Å²) in [6.45, 7) is 4.65. The molecule has 0 unspecified atom stereocenters. The Morgan fingerprint density at radius 3 is 2.60 bits per heavy atom. The van der Waals surface area contributed by atoms with Crippen molar-refractivity contribution in [2.45, 2.75) is 58.7 Å². The fraction of sp³-hybridized carbons (Fsp3) is 0.667. The average Bonchev–Trinajstić information content (AvgIpc) is 2.65. The molecule has 0 amide bonds. The summed E-state index contributed by atoms with van der Waals surface area (Å²) in [5, 5.41) is 0. The maximum atomic E-state index is 12.1. The van der Waals surface area contributed by atoms with Gasteiger partial charge in [0.05, 0.1) is 0 Å². The lowest BCUT2D eigenvalue weighted by molar-refractivity contribution is -0.135. The minimum Gasteiger partial charge on any atom is -0.351 e. The Morgan fingerprint density at radius 2 is 1.95 bits per heavy atom. The van der Waals surface area contributed by atoms with Crippen LogP contribution in [0, 0.1) is 5.41 Å². The molecule has 0 saturated heterocycles. The van der Waals surface area contributed by atoms with Crippen molar-refractivity contribution in [2.24, 2.45) is 5.41 Å². The number of halogens is 3. The van der Waals surface area contributed by atoms with E-state index >= 15 is 0 Å². The molecule has 0 saturated carbocycles. The van der Waals surface area contributed by atoms with E-state index in [9.17, 15) is 18.0 Å². The van der Waals surface area contributed by atoms with Gasteiger partial charge in [0.1, 0.15) is 0 Å². The number of rotatable bonds is 4. The first-order valence-electron chi connectivity index (χ1n) is 6.96. The van der Waals surface area contributed by atoms with Gasteiger partial charge in [0.2, 0.25) is 0 Å². The zero-order valence-corrected chi connectivity index (χ0v) is 11.9. The number of aromatic nitrogens is 1. The molecular weight excluding hydrogens is 267 g/mol. The van der Waals surface area contributed by atoms with Gasteiger partial charge in [-0.3, -0.25) is 4.79 Å². The third kappa shape index (κ3) is 3.64. The van der Waals surface area contributed by atoms with Crippen molar-refractivity contribution in [3.8, 4) is 0 Å². The first-order chi connectivity index (χ1) is 9.18. The molecule has 2 rings (SSSR count). The number of Topliss-reactive ketones (excluding diaryl/α,β-unsaturated/α-hetero) is 1. The van der Waals surface area contributed by atoms with E-state index in [1.807, 2.05) is 10.8 Å². The molecule has 0 aliphatic heterocycles. The molecule has 1 aromatic rings. The molecule has 0 aromatic carbocycles. The van der Waals surface area contributed by atoms with Crippen LogP contribution in [-0.2, 0) is 13.0 Å². The topological polar surface area (TPSA) is 22.0 Å². The number of hydrogen-bond acceptors (Lipinski definition) is 1.